The van der Waals surface area contributed by atoms with Crippen molar-refractivity contribution in [1.29, 1.82) is 0 Å². The summed E-state index contributed by atoms with van der Waals surface area (Å²) >= 11 is 15.8. The number of hydrogen-bond acceptors (Lipinski definition) is 5. The molecular weight excluding hydrogens is 579 g/mol. The lowest BCUT2D eigenvalue weighted by Crippen LogP contribution is -2.48. The summed E-state index contributed by atoms with van der Waals surface area (Å²) in [5, 5.41) is 0.618. The molecule has 3 aromatic rings. The zero-order valence-corrected chi connectivity index (χ0v) is 22.5. The zero-order valence-electron chi connectivity index (χ0n) is 19.4. The summed E-state index contributed by atoms with van der Waals surface area (Å²) in [6.45, 7) is 0. The van der Waals surface area contributed by atoms with Crippen molar-refractivity contribution in [3.05, 3.63) is 92.4 Å². The van der Waals surface area contributed by atoms with E-state index in [-0.39, 0.29) is 11.7 Å². The maximum Gasteiger partial charge on any atom is 0.240 e. The summed E-state index contributed by atoms with van der Waals surface area (Å²) in [4.78, 5) is 45.0. The number of anilines is 2. The first-order chi connectivity index (χ1) is 17.8. The number of ketones is 1. The maximum absolute atomic E-state index is 14.2. The molecule has 2 amide bonds. The van der Waals surface area contributed by atoms with Crippen molar-refractivity contribution in [2.75, 3.05) is 16.9 Å². The fraction of sp³-hybridized carbons (Fsp3) is 0.179. The predicted molar refractivity (Wildman–Crippen MR) is 146 cm³/mol. The second-order valence-electron chi connectivity index (χ2n) is 9.17. The van der Waals surface area contributed by atoms with E-state index >= 15 is 0 Å². The topological polar surface area (TPSA) is 66.9 Å². The predicted octanol–water partition coefficient (Wildman–Crippen LogP) is 6.04. The van der Waals surface area contributed by atoms with Crippen molar-refractivity contribution >= 4 is 74.2 Å². The van der Waals surface area contributed by atoms with Gasteiger partial charge in [-0.1, -0.05) is 53.6 Å². The van der Waals surface area contributed by atoms with Crippen LogP contribution in [0.15, 0.2) is 71.2 Å². The van der Waals surface area contributed by atoms with Crippen LogP contribution in [0.5, 0.6) is 5.75 Å². The van der Waals surface area contributed by atoms with E-state index in [4.69, 9.17) is 27.9 Å². The van der Waals surface area contributed by atoms with Crippen molar-refractivity contribution in [1.82, 2.24) is 0 Å². The molecular formula is C28H19BrCl2N2O4. The Morgan fingerprint density at radius 1 is 0.946 bits per heavy atom. The summed E-state index contributed by atoms with van der Waals surface area (Å²) in [5.74, 6) is -2.12. The lowest BCUT2D eigenvalue weighted by molar-refractivity contribution is -0.122. The molecule has 3 heterocycles. The third-order valence-corrected chi connectivity index (χ3v) is 8.28. The molecule has 4 atom stereocenters. The molecule has 6 nitrogen and oxygen atoms in total. The molecule has 37 heavy (non-hydrogen) atoms. The Morgan fingerprint density at radius 3 is 2.35 bits per heavy atom. The molecule has 0 aromatic heterocycles. The van der Waals surface area contributed by atoms with E-state index in [1.54, 1.807) is 25.3 Å². The van der Waals surface area contributed by atoms with Gasteiger partial charge in [-0.3, -0.25) is 14.4 Å². The standard InChI is InChI=1S/C28H19BrCl2N2O4/c1-37-22-9-7-15(10-19(22)29)26(34)25-24-23(21-8-6-14-4-2-3-5-20(14)33(21)25)27(35)32(28(24)36)18-12-16(30)11-17(31)13-18/h2-13,21,23-25H,1H3/t21-,23-,24-,25+/m1/s1. The number of imide groups is 1. The summed E-state index contributed by atoms with van der Waals surface area (Å²) < 4.78 is 5.94. The second kappa shape index (κ2) is 9.01. The van der Waals surface area contributed by atoms with E-state index in [1.165, 1.54) is 18.2 Å². The number of nitrogens with zero attached hydrogens (tertiary/aromatic N) is 2. The number of Topliss-reactive ketones (excluding diaryl/α,β-unsaturated/α-hetero) is 1. The molecule has 186 valence electrons. The molecule has 2 saturated heterocycles. The van der Waals surface area contributed by atoms with Crippen LogP contribution < -0.4 is 14.5 Å². The molecule has 9 heteroatoms. The van der Waals surface area contributed by atoms with Crippen LogP contribution in [0.1, 0.15) is 15.9 Å². The van der Waals surface area contributed by atoms with E-state index in [0.717, 1.165) is 16.2 Å². The Bertz CT molecular complexity index is 1500. The lowest BCUT2D eigenvalue weighted by atomic mass is 9.86. The van der Waals surface area contributed by atoms with Crippen molar-refractivity contribution in [3.8, 4) is 5.75 Å². The molecule has 0 unspecified atom stereocenters. The van der Waals surface area contributed by atoms with E-state index in [9.17, 15) is 14.4 Å². The molecule has 6 rings (SSSR count). The van der Waals surface area contributed by atoms with Gasteiger partial charge in [0.1, 0.15) is 11.8 Å². The molecule has 3 aromatic carbocycles. The molecule has 0 spiro atoms. The molecule has 0 saturated carbocycles. The van der Waals surface area contributed by atoms with Crippen molar-refractivity contribution in [2.24, 2.45) is 11.8 Å². The van der Waals surface area contributed by atoms with Gasteiger partial charge in [-0.2, -0.15) is 0 Å². The van der Waals surface area contributed by atoms with Crippen LogP contribution in [-0.4, -0.2) is 36.8 Å². The molecule has 3 aliphatic heterocycles. The van der Waals surface area contributed by atoms with E-state index in [2.05, 4.69) is 15.9 Å². The van der Waals surface area contributed by atoms with Crippen LogP contribution in [0, 0.1) is 11.8 Å². The maximum atomic E-state index is 14.2. The van der Waals surface area contributed by atoms with Crippen LogP contribution in [-0.2, 0) is 9.59 Å². The molecule has 3 aliphatic rings. The van der Waals surface area contributed by atoms with Gasteiger partial charge in [-0.15, -0.1) is 0 Å². The van der Waals surface area contributed by atoms with Gasteiger partial charge >= 0.3 is 0 Å². The minimum absolute atomic E-state index is 0.252. The van der Waals surface area contributed by atoms with Gasteiger partial charge in [0, 0.05) is 21.3 Å². The Morgan fingerprint density at radius 2 is 1.65 bits per heavy atom. The molecule has 0 N–H and O–H groups in total. The smallest absolute Gasteiger partial charge is 0.240 e. The Kier molecular flexibility index (Phi) is 5.90. The minimum atomic E-state index is -0.891. The number of carbonyl (C=O) groups is 3. The molecule has 0 aliphatic carbocycles. The average Bonchev–Trinajstić information content (AvgIpc) is 3.35. The highest BCUT2D eigenvalue weighted by atomic mass is 79.9. The summed E-state index contributed by atoms with van der Waals surface area (Å²) in [7, 11) is 1.55. The van der Waals surface area contributed by atoms with Crippen LogP contribution in [0.4, 0.5) is 11.4 Å². The number of methoxy groups -OCH3 is 1. The van der Waals surface area contributed by atoms with Crippen LogP contribution in [0.25, 0.3) is 6.08 Å². The van der Waals surface area contributed by atoms with Gasteiger partial charge in [-0.25, -0.2) is 4.90 Å². The monoisotopic (exact) mass is 596 g/mol. The number of fused-ring (bicyclic) bond motifs is 5. The summed E-state index contributed by atoms with van der Waals surface area (Å²) in [5.41, 5.74) is 2.44. The van der Waals surface area contributed by atoms with Gasteiger partial charge in [-0.05, 0) is 64.0 Å². The molecule has 0 radical (unpaired) electrons. The fourth-order valence-electron chi connectivity index (χ4n) is 5.73. The highest BCUT2D eigenvalue weighted by Gasteiger charge is 2.64. The van der Waals surface area contributed by atoms with Crippen LogP contribution in [0.3, 0.4) is 0 Å². The number of amides is 2. The first-order valence-electron chi connectivity index (χ1n) is 11.6. The first-order valence-corrected chi connectivity index (χ1v) is 13.1. The highest BCUT2D eigenvalue weighted by molar-refractivity contribution is 9.10. The van der Waals surface area contributed by atoms with Crippen molar-refractivity contribution in [2.45, 2.75) is 12.1 Å². The average molecular weight is 598 g/mol. The van der Waals surface area contributed by atoms with Crippen LogP contribution in [0.2, 0.25) is 10.0 Å². The Labute approximate surface area is 231 Å². The van der Waals surface area contributed by atoms with E-state index in [1.807, 2.05) is 41.3 Å². The molecule has 0 bridgehead atoms. The van der Waals surface area contributed by atoms with Crippen molar-refractivity contribution in [3.63, 3.8) is 0 Å². The van der Waals surface area contributed by atoms with Gasteiger partial charge in [0.25, 0.3) is 0 Å². The van der Waals surface area contributed by atoms with Gasteiger partial charge in [0.05, 0.1) is 35.1 Å². The van der Waals surface area contributed by atoms with Crippen LogP contribution >= 0.6 is 39.1 Å². The Hall–Kier alpha value is -3.13. The Balaban J connectivity index is 1.49. The number of rotatable bonds is 4. The quantitative estimate of drug-likeness (QED) is 0.271. The number of ether oxygens (including phenoxy) is 1. The fourth-order valence-corrected chi connectivity index (χ4v) is 6.78. The highest BCUT2D eigenvalue weighted by Crippen LogP contribution is 2.50. The third-order valence-electron chi connectivity index (χ3n) is 7.23. The van der Waals surface area contributed by atoms with E-state index in [0.29, 0.717) is 31.5 Å². The minimum Gasteiger partial charge on any atom is -0.496 e. The third kappa shape index (κ3) is 3.71. The van der Waals surface area contributed by atoms with Gasteiger partial charge < -0.3 is 9.64 Å². The summed E-state index contributed by atoms with van der Waals surface area (Å²) in [6.07, 6.45) is 3.86. The number of para-hydroxylation sites is 1. The van der Waals surface area contributed by atoms with Gasteiger partial charge in [0.15, 0.2) is 5.78 Å². The summed E-state index contributed by atoms with van der Waals surface area (Å²) in [6, 6.07) is 16.0. The normalized spacial score (nSPS) is 23.7. The zero-order chi connectivity index (χ0) is 26.0. The number of halogens is 3. The SMILES string of the molecule is COc1ccc(C(=O)[C@@H]2[C@@H]3C(=O)N(c4cc(Cl)cc(Cl)c4)C(=O)[C@@H]3[C@H]3C=Cc4ccccc4N32)cc1Br. The number of hydrogen-bond donors (Lipinski definition) is 0. The first kappa shape index (κ1) is 24.2. The van der Waals surface area contributed by atoms with E-state index < -0.39 is 29.8 Å². The number of carbonyl (C=O) groups excluding carboxylic acids is 3. The molecule has 2 fully saturated rings. The van der Waals surface area contributed by atoms with Gasteiger partial charge in [0.2, 0.25) is 11.8 Å². The largest absolute Gasteiger partial charge is 0.496 e. The number of benzene rings is 3. The second-order valence-corrected chi connectivity index (χ2v) is 10.9. The van der Waals surface area contributed by atoms with Crippen molar-refractivity contribution < 1.29 is 19.1 Å². The lowest BCUT2D eigenvalue weighted by Gasteiger charge is -2.36.